The summed E-state index contributed by atoms with van der Waals surface area (Å²) in [5.74, 6) is -1.10. The fourth-order valence-electron chi connectivity index (χ4n) is 2.24. The minimum atomic E-state index is -3.86. The number of ether oxygens (including phenoxy) is 1. The van der Waals surface area contributed by atoms with Gasteiger partial charge in [-0.15, -0.1) is 0 Å². The van der Waals surface area contributed by atoms with Crippen molar-refractivity contribution < 1.29 is 23.1 Å². The van der Waals surface area contributed by atoms with Crippen LogP contribution >= 0.6 is 0 Å². The Labute approximate surface area is 124 Å². The van der Waals surface area contributed by atoms with E-state index in [1.54, 1.807) is 12.1 Å². The molecule has 2 N–H and O–H groups in total. The van der Waals surface area contributed by atoms with Crippen LogP contribution in [0.25, 0.3) is 0 Å². The van der Waals surface area contributed by atoms with Crippen molar-refractivity contribution in [1.29, 1.82) is 0 Å². The third-order valence-electron chi connectivity index (χ3n) is 3.31. The predicted octanol–water partition coefficient (Wildman–Crippen LogP) is 1.49. The molecule has 1 aliphatic heterocycles. The first-order valence-corrected chi connectivity index (χ1v) is 8.22. The molecule has 1 aromatic rings. The lowest BCUT2D eigenvalue weighted by Gasteiger charge is -2.17. The summed E-state index contributed by atoms with van der Waals surface area (Å²) in [6, 6.07) is 3.59. The average molecular weight is 313 g/mol. The summed E-state index contributed by atoms with van der Waals surface area (Å²) < 4.78 is 32.1. The lowest BCUT2D eigenvalue weighted by molar-refractivity contribution is -0.139. The van der Waals surface area contributed by atoms with E-state index in [4.69, 9.17) is 9.84 Å². The Hall–Kier alpha value is -1.44. The van der Waals surface area contributed by atoms with Gasteiger partial charge >= 0.3 is 5.97 Å². The molecule has 0 aromatic heterocycles. The molecule has 116 valence electrons. The van der Waals surface area contributed by atoms with Crippen LogP contribution in [0.5, 0.6) is 0 Å². The Balaban J connectivity index is 2.23. The number of carboxylic acid groups (broad SMARTS) is 1. The molecule has 6 nitrogen and oxygen atoms in total. The highest BCUT2D eigenvalue weighted by molar-refractivity contribution is 7.89. The van der Waals surface area contributed by atoms with E-state index >= 15 is 0 Å². The summed E-state index contributed by atoms with van der Waals surface area (Å²) in [5, 5.41) is 9.14. The summed E-state index contributed by atoms with van der Waals surface area (Å²) in [6.07, 6.45) is 0.239. The van der Waals surface area contributed by atoms with Gasteiger partial charge in [-0.2, -0.15) is 4.72 Å². The quantitative estimate of drug-likeness (QED) is 0.830. The van der Waals surface area contributed by atoms with Crippen molar-refractivity contribution >= 4 is 16.0 Å². The first-order valence-electron chi connectivity index (χ1n) is 6.74. The van der Waals surface area contributed by atoms with E-state index in [1.165, 1.54) is 6.07 Å². The Kier molecular flexibility index (Phi) is 4.65. The summed E-state index contributed by atoms with van der Waals surface area (Å²) >= 11 is 0. The first-order chi connectivity index (χ1) is 9.79. The van der Waals surface area contributed by atoms with Crippen LogP contribution in [-0.2, 0) is 32.8 Å². The Morgan fingerprint density at radius 1 is 1.33 bits per heavy atom. The molecule has 0 fully saturated rings. The number of fused-ring (bicyclic) bond motifs is 1. The average Bonchev–Trinajstić information content (AvgIpc) is 2.84. The first kappa shape index (κ1) is 15.9. The molecule has 0 radical (unpaired) electrons. The van der Waals surface area contributed by atoms with E-state index in [0.29, 0.717) is 13.2 Å². The molecule has 1 aliphatic rings. The van der Waals surface area contributed by atoms with Gasteiger partial charge in [0.05, 0.1) is 18.1 Å². The van der Waals surface area contributed by atoms with E-state index in [1.807, 2.05) is 13.8 Å². The SMILES string of the molecule is CC(C)C[C@H](NS(=O)(=O)c1ccc2c(c1)COC2)C(=O)O. The fourth-order valence-corrected chi connectivity index (χ4v) is 3.49. The summed E-state index contributed by atoms with van der Waals surface area (Å²) in [7, 11) is -3.86. The number of hydrogen-bond donors (Lipinski definition) is 2. The van der Waals surface area contributed by atoms with Crippen molar-refractivity contribution in [2.45, 2.75) is 44.4 Å². The fraction of sp³-hybridized carbons (Fsp3) is 0.500. The van der Waals surface area contributed by atoms with E-state index < -0.39 is 22.0 Å². The smallest absolute Gasteiger partial charge is 0.321 e. The number of carboxylic acids is 1. The number of carbonyl (C=O) groups is 1. The molecular weight excluding hydrogens is 294 g/mol. The molecule has 1 atom stereocenters. The maximum atomic E-state index is 12.3. The van der Waals surface area contributed by atoms with E-state index in [0.717, 1.165) is 11.1 Å². The molecule has 0 aliphatic carbocycles. The highest BCUT2D eigenvalue weighted by Gasteiger charge is 2.27. The highest BCUT2D eigenvalue weighted by atomic mass is 32.2. The standard InChI is InChI=1S/C14H19NO5S/c1-9(2)5-13(14(16)17)15-21(18,19)12-4-3-10-7-20-8-11(10)6-12/h3-4,6,9,13,15H,5,7-8H2,1-2H3,(H,16,17)/t13-/m0/s1. The summed E-state index contributed by atoms with van der Waals surface area (Å²) in [4.78, 5) is 11.3. The highest BCUT2D eigenvalue weighted by Crippen LogP contribution is 2.23. The maximum absolute atomic E-state index is 12.3. The molecule has 0 spiro atoms. The Bertz CT molecular complexity index is 639. The molecular formula is C14H19NO5S. The van der Waals surface area contributed by atoms with Gasteiger partial charge in [0.25, 0.3) is 0 Å². The van der Waals surface area contributed by atoms with Crippen LogP contribution in [0.1, 0.15) is 31.4 Å². The zero-order valence-electron chi connectivity index (χ0n) is 12.0. The maximum Gasteiger partial charge on any atom is 0.321 e. The van der Waals surface area contributed by atoms with Gasteiger partial charge in [0, 0.05) is 0 Å². The third-order valence-corrected chi connectivity index (χ3v) is 4.78. The second kappa shape index (κ2) is 6.13. The Morgan fingerprint density at radius 2 is 2.00 bits per heavy atom. The lowest BCUT2D eigenvalue weighted by atomic mass is 10.1. The second-order valence-electron chi connectivity index (χ2n) is 5.56. The molecule has 0 bridgehead atoms. The van der Waals surface area contributed by atoms with Crippen LogP contribution < -0.4 is 4.72 Å². The summed E-state index contributed by atoms with van der Waals surface area (Å²) in [6.45, 7) is 4.55. The van der Waals surface area contributed by atoms with E-state index in [-0.39, 0.29) is 17.2 Å². The molecule has 7 heteroatoms. The topological polar surface area (TPSA) is 92.7 Å². The number of hydrogen-bond acceptors (Lipinski definition) is 4. The molecule has 1 aromatic carbocycles. The van der Waals surface area contributed by atoms with Gasteiger partial charge in [0.15, 0.2) is 0 Å². The van der Waals surface area contributed by atoms with Gasteiger partial charge in [0.1, 0.15) is 6.04 Å². The van der Waals surface area contributed by atoms with Gasteiger partial charge in [-0.25, -0.2) is 8.42 Å². The minimum Gasteiger partial charge on any atom is -0.480 e. The van der Waals surface area contributed by atoms with Crippen molar-refractivity contribution in [3.8, 4) is 0 Å². The Morgan fingerprint density at radius 3 is 2.62 bits per heavy atom. The number of nitrogens with one attached hydrogen (secondary N) is 1. The van der Waals surface area contributed by atoms with Crippen LogP contribution in [0, 0.1) is 5.92 Å². The monoisotopic (exact) mass is 313 g/mol. The van der Waals surface area contributed by atoms with Gasteiger partial charge in [0.2, 0.25) is 10.0 Å². The van der Waals surface area contributed by atoms with Crippen molar-refractivity contribution in [2.75, 3.05) is 0 Å². The molecule has 0 saturated heterocycles. The molecule has 0 amide bonds. The minimum absolute atomic E-state index is 0.0711. The molecule has 0 unspecified atom stereocenters. The van der Waals surface area contributed by atoms with Crippen LogP contribution in [0.3, 0.4) is 0 Å². The van der Waals surface area contributed by atoms with Gasteiger partial charge in [-0.3, -0.25) is 4.79 Å². The molecule has 21 heavy (non-hydrogen) atoms. The second-order valence-corrected chi connectivity index (χ2v) is 7.28. The molecule has 0 saturated carbocycles. The number of rotatable bonds is 6. The van der Waals surface area contributed by atoms with Crippen molar-refractivity contribution in [2.24, 2.45) is 5.92 Å². The van der Waals surface area contributed by atoms with E-state index in [2.05, 4.69) is 4.72 Å². The summed E-state index contributed by atoms with van der Waals surface area (Å²) in [5.41, 5.74) is 1.79. The lowest BCUT2D eigenvalue weighted by Crippen LogP contribution is -2.41. The predicted molar refractivity (Wildman–Crippen MR) is 76.1 cm³/mol. The van der Waals surface area contributed by atoms with Crippen molar-refractivity contribution in [1.82, 2.24) is 4.72 Å². The molecule has 1 heterocycles. The van der Waals surface area contributed by atoms with Gasteiger partial charge in [-0.05, 0) is 35.6 Å². The van der Waals surface area contributed by atoms with Gasteiger partial charge < -0.3 is 9.84 Å². The van der Waals surface area contributed by atoms with E-state index in [9.17, 15) is 13.2 Å². The third kappa shape index (κ3) is 3.81. The molecule has 2 rings (SSSR count). The van der Waals surface area contributed by atoms with Crippen LogP contribution in [0.15, 0.2) is 23.1 Å². The van der Waals surface area contributed by atoms with Gasteiger partial charge in [-0.1, -0.05) is 19.9 Å². The number of benzene rings is 1. The van der Waals surface area contributed by atoms with Crippen LogP contribution in [0.2, 0.25) is 0 Å². The largest absolute Gasteiger partial charge is 0.480 e. The number of aliphatic carboxylic acids is 1. The van der Waals surface area contributed by atoms with Crippen molar-refractivity contribution in [3.63, 3.8) is 0 Å². The number of sulfonamides is 1. The van der Waals surface area contributed by atoms with Crippen molar-refractivity contribution in [3.05, 3.63) is 29.3 Å². The van der Waals surface area contributed by atoms with Crippen LogP contribution in [-0.4, -0.2) is 25.5 Å². The zero-order chi connectivity index (χ0) is 15.6. The zero-order valence-corrected chi connectivity index (χ0v) is 12.8. The van der Waals surface area contributed by atoms with Crippen LogP contribution in [0.4, 0.5) is 0 Å². The normalized spacial score (nSPS) is 16.0.